The number of sulfonamides is 1. The summed E-state index contributed by atoms with van der Waals surface area (Å²) in [5, 5.41) is 0. The van der Waals surface area contributed by atoms with Crippen LogP contribution >= 0.6 is 0 Å². The Kier molecular flexibility index (Phi) is 5.22. The average Bonchev–Trinajstić information content (AvgIpc) is 3.37. The summed E-state index contributed by atoms with van der Waals surface area (Å²) in [5.74, 6) is 0.139. The number of para-hydroxylation sites is 1. The molecule has 0 N–H and O–H groups in total. The summed E-state index contributed by atoms with van der Waals surface area (Å²) in [6.45, 7) is 3.54. The van der Waals surface area contributed by atoms with E-state index in [4.69, 9.17) is 0 Å². The van der Waals surface area contributed by atoms with E-state index >= 15 is 0 Å². The van der Waals surface area contributed by atoms with Crippen molar-refractivity contribution in [2.75, 3.05) is 18.0 Å². The lowest BCUT2D eigenvalue weighted by Crippen LogP contribution is -2.50. The SMILES string of the molecule is C[C@@H]1CCCN1C(=O)[C@@H]1CC[C@@H]2CN(Cc3cccnc3)S(=O)(=O)c3ccccc3N21. The third kappa shape index (κ3) is 3.51. The van der Waals surface area contributed by atoms with Gasteiger partial charge in [0.2, 0.25) is 15.9 Å². The van der Waals surface area contributed by atoms with Crippen LogP contribution in [0, 0.1) is 0 Å². The molecule has 0 aliphatic carbocycles. The number of hydrogen-bond donors (Lipinski definition) is 0. The minimum atomic E-state index is -3.70. The van der Waals surface area contributed by atoms with Crippen LogP contribution in [0.1, 0.15) is 38.2 Å². The lowest BCUT2D eigenvalue weighted by Gasteiger charge is -2.34. The predicted octanol–water partition coefficient (Wildman–Crippen LogP) is 2.63. The number of likely N-dealkylation sites (tertiary alicyclic amines) is 1. The van der Waals surface area contributed by atoms with Crippen molar-refractivity contribution >= 4 is 21.6 Å². The van der Waals surface area contributed by atoms with Crippen molar-refractivity contribution in [3.63, 3.8) is 0 Å². The number of amides is 1. The minimum Gasteiger partial charge on any atom is -0.354 e. The number of fused-ring (bicyclic) bond motifs is 3. The smallest absolute Gasteiger partial charge is 0.245 e. The molecule has 5 rings (SSSR count). The Morgan fingerprint density at radius 3 is 2.71 bits per heavy atom. The second-order valence-electron chi connectivity index (χ2n) is 8.80. The summed E-state index contributed by atoms with van der Waals surface area (Å²) in [5.41, 5.74) is 1.51. The van der Waals surface area contributed by atoms with Gasteiger partial charge in [0.1, 0.15) is 10.9 Å². The van der Waals surface area contributed by atoms with E-state index in [1.54, 1.807) is 28.8 Å². The molecule has 1 aromatic heterocycles. The molecular formula is C23H28N4O3S. The summed E-state index contributed by atoms with van der Waals surface area (Å²) in [7, 11) is -3.70. The van der Waals surface area contributed by atoms with Crippen LogP contribution in [0.3, 0.4) is 0 Å². The van der Waals surface area contributed by atoms with Crippen molar-refractivity contribution < 1.29 is 13.2 Å². The van der Waals surface area contributed by atoms with E-state index in [2.05, 4.69) is 16.8 Å². The Bertz CT molecular complexity index is 1080. The lowest BCUT2D eigenvalue weighted by atomic mass is 10.1. The maximum atomic E-state index is 13.6. The molecule has 2 fully saturated rings. The van der Waals surface area contributed by atoms with Crippen molar-refractivity contribution in [2.24, 2.45) is 0 Å². The quantitative estimate of drug-likeness (QED) is 0.734. The van der Waals surface area contributed by atoms with E-state index in [1.807, 2.05) is 29.2 Å². The van der Waals surface area contributed by atoms with Crippen LogP contribution in [0.15, 0.2) is 53.7 Å². The number of pyridine rings is 1. The number of nitrogens with zero attached hydrogens (tertiary/aromatic N) is 4. The van der Waals surface area contributed by atoms with Gasteiger partial charge in [-0.05, 0) is 56.4 Å². The first-order valence-electron chi connectivity index (χ1n) is 11.0. The Balaban J connectivity index is 1.53. The van der Waals surface area contributed by atoms with Gasteiger partial charge in [0, 0.05) is 44.1 Å². The van der Waals surface area contributed by atoms with Gasteiger partial charge in [0.25, 0.3) is 0 Å². The highest BCUT2D eigenvalue weighted by molar-refractivity contribution is 7.89. The van der Waals surface area contributed by atoms with Gasteiger partial charge < -0.3 is 9.80 Å². The Labute approximate surface area is 183 Å². The molecule has 0 bridgehead atoms. The maximum absolute atomic E-state index is 13.6. The lowest BCUT2D eigenvalue weighted by molar-refractivity contribution is -0.133. The molecular weight excluding hydrogens is 412 g/mol. The largest absolute Gasteiger partial charge is 0.354 e. The first-order chi connectivity index (χ1) is 15.0. The second kappa shape index (κ2) is 7.91. The summed E-state index contributed by atoms with van der Waals surface area (Å²) in [6, 6.07) is 10.8. The van der Waals surface area contributed by atoms with Crippen molar-refractivity contribution in [1.29, 1.82) is 0 Å². The molecule has 164 valence electrons. The van der Waals surface area contributed by atoms with Gasteiger partial charge in [0.15, 0.2) is 0 Å². The first-order valence-corrected chi connectivity index (χ1v) is 12.5. The first kappa shape index (κ1) is 20.5. The van der Waals surface area contributed by atoms with Crippen molar-refractivity contribution in [3.05, 3.63) is 54.4 Å². The van der Waals surface area contributed by atoms with Gasteiger partial charge in [-0.1, -0.05) is 18.2 Å². The molecule has 3 aliphatic heterocycles. The fourth-order valence-corrected chi connectivity index (χ4v) is 6.98. The summed E-state index contributed by atoms with van der Waals surface area (Å²) in [6.07, 6.45) is 7.01. The van der Waals surface area contributed by atoms with E-state index in [-0.39, 0.29) is 35.5 Å². The van der Waals surface area contributed by atoms with Crippen LogP contribution < -0.4 is 4.90 Å². The molecule has 2 saturated heterocycles. The molecule has 1 amide bonds. The van der Waals surface area contributed by atoms with E-state index in [1.165, 1.54) is 0 Å². The van der Waals surface area contributed by atoms with E-state index in [0.717, 1.165) is 37.8 Å². The molecule has 7 nitrogen and oxygen atoms in total. The molecule has 8 heteroatoms. The second-order valence-corrected chi connectivity index (χ2v) is 10.7. The van der Waals surface area contributed by atoms with Crippen LogP contribution in [-0.4, -0.2) is 59.7 Å². The molecule has 2 aromatic rings. The van der Waals surface area contributed by atoms with Crippen molar-refractivity contribution in [2.45, 2.75) is 62.2 Å². The average molecular weight is 441 g/mol. The molecule has 0 unspecified atom stereocenters. The highest BCUT2D eigenvalue weighted by atomic mass is 32.2. The zero-order valence-electron chi connectivity index (χ0n) is 17.7. The highest BCUT2D eigenvalue weighted by Gasteiger charge is 2.47. The van der Waals surface area contributed by atoms with Gasteiger partial charge in [0.05, 0.1) is 5.69 Å². The molecule has 0 saturated carbocycles. The highest BCUT2D eigenvalue weighted by Crippen LogP contribution is 2.41. The topological polar surface area (TPSA) is 73.8 Å². The molecule has 1 aromatic carbocycles. The van der Waals surface area contributed by atoms with Gasteiger partial charge in [-0.3, -0.25) is 9.78 Å². The molecule has 31 heavy (non-hydrogen) atoms. The molecule has 0 radical (unpaired) electrons. The number of aromatic nitrogens is 1. The van der Waals surface area contributed by atoms with Crippen LogP contribution in [0.25, 0.3) is 0 Å². The summed E-state index contributed by atoms with van der Waals surface area (Å²) >= 11 is 0. The monoisotopic (exact) mass is 440 g/mol. The zero-order valence-corrected chi connectivity index (χ0v) is 18.5. The van der Waals surface area contributed by atoms with Crippen molar-refractivity contribution in [1.82, 2.24) is 14.2 Å². The van der Waals surface area contributed by atoms with Crippen LogP contribution in [-0.2, 0) is 21.4 Å². The molecule has 3 atom stereocenters. The molecule has 4 heterocycles. The standard InChI is InChI=1S/C23H28N4O3S/c1-17-6-5-13-26(17)23(28)21-11-10-19-16-25(15-18-7-4-12-24-14-18)31(29,30)22-9-3-2-8-20(22)27(19)21/h2-4,7-9,12,14,17,19,21H,5-6,10-11,13,15-16H2,1H3/t17-,19-,21+/m1/s1. The number of carbonyl (C=O) groups is 1. The molecule has 3 aliphatic rings. The number of carbonyl (C=O) groups excluding carboxylic acids is 1. The van der Waals surface area contributed by atoms with E-state index < -0.39 is 10.0 Å². The number of hydrogen-bond acceptors (Lipinski definition) is 5. The normalized spacial score (nSPS) is 27.6. The number of rotatable bonds is 3. The van der Waals surface area contributed by atoms with E-state index in [0.29, 0.717) is 12.2 Å². The van der Waals surface area contributed by atoms with Crippen LogP contribution in [0.4, 0.5) is 5.69 Å². The zero-order chi connectivity index (χ0) is 21.6. The van der Waals surface area contributed by atoms with Gasteiger partial charge in [-0.15, -0.1) is 0 Å². The van der Waals surface area contributed by atoms with Gasteiger partial charge in [-0.2, -0.15) is 4.31 Å². The third-order valence-corrected chi connectivity index (χ3v) is 8.74. The Morgan fingerprint density at radius 2 is 1.97 bits per heavy atom. The van der Waals surface area contributed by atoms with E-state index in [9.17, 15) is 13.2 Å². The third-order valence-electron chi connectivity index (χ3n) is 6.88. The predicted molar refractivity (Wildman–Crippen MR) is 118 cm³/mol. The maximum Gasteiger partial charge on any atom is 0.245 e. The Morgan fingerprint density at radius 1 is 1.13 bits per heavy atom. The van der Waals surface area contributed by atoms with Gasteiger partial charge >= 0.3 is 0 Å². The molecule has 0 spiro atoms. The van der Waals surface area contributed by atoms with Crippen LogP contribution in [0.2, 0.25) is 0 Å². The number of benzene rings is 1. The summed E-state index contributed by atoms with van der Waals surface area (Å²) < 4.78 is 28.8. The minimum absolute atomic E-state index is 0.0260. The van der Waals surface area contributed by atoms with Crippen LogP contribution in [0.5, 0.6) is 0 Å². The fourth-order valence-electron chi connectivity index (χ4n) is 5.33. The Hall–Kier alpha value is -2.45. The fraction of sp³-hybridized carbons (Fsp3) is 0.478. The van der Waals surface area contributed by atoms with Gasteiger partial charge in [-0.25, -0.2) is 8.42 Å². The van der Waals surface area contributed by atoms with Crippen molar-refractivity contribution in [3.8, 4) is 0 Å². The summed E-state index contributed by atoms with van der Waals surface area (Å²) in [4.78, 5) is 22.0. The number of anilines is 1.